The highest BCUT2D eigenvalue weighted by molar-refractivity contribution is 7.14. The van der Waals surface area contributed by atoms with Crippen molar-refractivity contribution in [2.45, 2.75) is 32.1 Å². The molecule has 0 saturated carbocycles. The van der Waals surface area contributed by atoms with E-state index in [0.29, 0.717) is 4.88 Å². The molecule has 0 radical (unpaired) electrons. The van der Waals surface area contributed by atoms with Gasteiger partial charge in [0.1, 0.15) is 0 Å². The number of carbonyl (C=O) groups excluding carboxylic acids is 4. The summed E-state index contributed by atoms with van der Waals surface area (Å²) in [7, 11) is 0. The molecule has 0 fully saturated rings. The molecule has 3 rings (SSSR count). The van der Waals surface area contributed by atoms with Crippen molar-refractivity contribution in [3.8, 4) is 0 Å². The summed E-state index contributed by atoms with van der Waals surface area (Å²) >= 11 is 1.45. The minimum atomic E-state index is -0.581. The Morgan fingerprint density at radius 1 is 0.931 bits per heavy atom. The molecule has 0 aromatic carbocycles. The van der Waals surface area contributed by atoms with Gasteiger partial charge >= 0.3 is 0 Å². The number of aryl methyl sites for hydroxylation is 2. The van der Waals surface area contributed by atoms with Crippen LogP contribution in [0.2, 0.25) is 0 Å². The molecule has 1 aliphatic carbocycles. The van der Waals surface area contributed by atoms with Crippen LogP contribution < -0.4 is 21.5 Å². The molecule has 9 nitrogen and oxygen atoms in total. The molecular weight excluding hydrogens is 396 g/mol. The van der Waals surface area contributed by atoms with E-state index in [1.807, 2.05) is 6.07 Å². The summed E-state index contributed by atoms with van der Waals surface area (Å²) < 4.78 is 4.90. The average Bonchev–Trinajstić information content (AvgIpc) is 3.35. The first-order valence-electron chi connectivity index (χ1n) is 9.32. The fourth-order valence-electron chi connectivity index (χ4n) is 2.91. The Morgan fingerprint density at radius 3 is 2.52 bits per heavy atom. The van der Waals surface area contributed by atoms with Crippen LogP contribution in [0.25, 0.3) is 0 Å². The number of nitrogens with one attached hydrogen (secondary N) is 4. The van der Waals surface area contributed by atoms with Crippen LogP contribution in [0.5, 0.6) is 0 Å². The summed E-state index contributed by atoms with van der Waals surface area (Å²) in [6.45, 7) is -0.642. The largest absolute Gasteiger partial charge is 0.459 e. The van der Waals surface area contributed by atoms with Crippen molar-refractivity contribution >= 4 is 35.0 Å². The summed E-state index contributed by atoms with van der Waals surface area (Å²) in [6, 6.07) is 4.91. The van der Waals surface area contributed by atoms with Crippen molar-refractivity contribution in [3.05, 3.63) is 45.5 Å². The van der Waals surface area contributed by atoms with Gasteiger partial charge in [0, 0.05) is 4.88 Å². The molecule has 0 saturated heterocycles. The number of rotatable bonds is 6. The lowest BCUT2D eigenvalue weighted by Gasteiger charge is -2.08. The van der Waals surface area contributed by atoms with E-state index in [4.69, 9.17) is 4.42 Å². The number of amides is 4. The zero-order valence-electron chi connectivity index (χ0n) is 15.7. The fraction of sp³-hybridized carbons (Fsp3) is 0.368. The lowest BCUT2D eigenvalue weighted by atomic mass is 10.1. The first kappa shape index (κ1) is 20.6. The molecule has 2 aromatic heterocycles. The molecular formula is C19H22N4O5S. The zero-order valence-corrected chi connectivity index (χ0v) is 16.5. The molecule has 4 N–H and O–H groups in total. The second-order valence-electron chi connectivity index (χ2n) is 6.56. The minimum Gasteiger partial charge on any atom is -0.459 e. The van der Waals surface area contributed by atoms with Crippen LogP contribution in [0.4, 0.5) is 0 Å². The number of thiophene rings is 1. The third-order valence-corrected chi connectivity index (χ3v) is 5.62. The Morgan fingerprint density at radius 2 is 1.72 bits per heavy atom. The topological polar surface area (TPSA) is 130 Å². The molecule has 1 aliphatic rings. The van der Waals surface area contributed by atoms with E-state index < -0.39 is 17.7 Å². The monoisotopic (exact) mass is 418 g/mol. The number of fused-ring (bicyclic) bond motifs is 1. The lowest BCUT2D eigenvalue weighted by Crippen LogP contribution is -2.47. The average molecular weight is 418 g/mol. The van der Waals surface area contributed by atoms with Crippen LogP contribution in [-0.4, -0.2) is 36.7 Å². The van der Waals surface area contributed by atoms with Gasteiger partial charge in [-0.2, -0.15) is 0 Å². The standard InChI is InChI=1S/C19H22N4O5S/c24-16(10-21-18(26)13-6-4-8-28-13)20-11-17(25)22-23-19(27)15-9-12-5-2-1-3-7-14(12)29-15/h4,6,8-9H,1-3,5,7,10-11H2,(H,20,24)(H,21,26)(H,22,25)(H,23,27). The van der Waals surface area contributed by atoms with Gasteiger partial charge in [-0.25, -0.2) is 0 Å². The highest BCUT2D eigenvalue weighted by Crippen LogP contribution is 2.28. The van der Waals surface area contributed by atoms with Gasteiger partial charge < -0.3 is 15.1 Å². The Bertz CT molecular complexity index is 867. The van der Waals surface area contributed by atoms with E-state index in [2.05, 4.69) is 21.5 Å². The Labute approximate surface area is 171 Å². The molecule has 10 heteroatoms. The fourth-order valence-corrected chi connectivity index (χ4v) is 4.06. The highest BCUT2D eigenvalue weighted by atomic mass is 32.1. The lowest BCUT2D eigenvalue weighted by molar-refractivity contribution is -0.125. The molecule has 0 spiro atoms. The van der Waals surface area contributed by atoms with Gasteiger partial charge in [-0.15, -0.1) is 11.3 Å². The maximum absolute atomic E-state index is 12.2. The second-order valence-corrected chi connectivity index (χ2v) is 7.70. The summed E-state index contributed by atoms with van der Waals surface area (Å²) in [5, 5.41) is 4.71. The maximum atomic E-state index is 12.2. The number of hydrazine groups is 1. The van der Waals surface area contributed by atoms with Crippen molar-refractivity contribution in [2.24, 2.45) is 0 Å². The van der Waals surface area contributed by atoms with Crippen LogP contribution in [0.3, 0.4) is 0 Å². The Balaban J connectivity index is 1.35. The predicted molar refractivity (Wildman–Crippen MR) is 105 cm³/mol. The van der Waals surface area contributed by atoms with Crippen LogP contribution in [0.1, 0.15) is 49.9 Å². The van der Waals surface area contributed by atoms with Crippen LogP contribution in [-0.2, 0) is 22.4 Å². The summed E-state index contributed by atoms with van der Waals surface area (Å²) in [4.78, 5) is 49.2. The molecule has 29 heavy (non-hydrogen) atoms. The Hall–Kier alpha value is -3.14. The van der Waals surface area contributed by atoms with Crippen molar-refractivity contribution in [2.75, 3.05) is 13.1 Å². The van der Waals surface area contributed by atoms with E-state index in [1.165, 1.54) is 40.5 Å². The summed E-state index contributed by atoms with van der Waals surface area (Å²) in [6.07, 6.45) is 6.78. The first-order chi connectivity index (χ1) is 14.0. The van der Waals surface area contributed by atoms with Gasteiger partial charge in [0.2, 0.25) is 5.91 Å². The van der Waals surface area contributed by atoms with Crippen LogP contribution >= 0.6 is 11.3 Å². The van der Waals surface area contributed by atoms with Crippen molar-refractivity contribution < 1.29 is 23.6 Å². The third-order valence-electron chi connectivity index (χ3n) is 4.39. The summed E-state index contributed by atoms with van der Waals surface area (Å²) in [5.41, 5.74) is 5.84. The zero-order chi connectivity index (χ0) is 20.6. The van der Waals surface area contributed by atoms with E-state index in [-0.39, 0.29) is 24.8 Å². The molecule has 2 aromatic rings. The predicted octanol–water partition coefficient (Wildman–Crippen LogP) is 0.917. The van der Waals surface area contributed by atoms with Gasteiger partial charge in [-0.1, -0.05) is 6.42 Å². The van der Waals surface area contributed by atoms with E-state index in [1.54, 1.807) is 6.07 Å². The SMILES string of the molecule is O=C(CNC(=O)c1ccco1)NCC(=O)NNC(=O)c1cc2c(s1)CCCCC2. The quantitative estimate of drug-likeness (QED) is 0.409. The van der Waals surface area contributed by atoms with Gasteiger partial charge in [-0.3, -0.25) is 30.0 Å². The van der Waals surface area contributed by atoms with Crippen molar-refractivity contribution in [3.63, 3.8) is 0 Å². The molecule has 2 heterocycles. The van der Waals surface area contributed by atoms with Gasteiger partial charge in [0.15, 0.2) is 5.76 Å². The maximum Gasteiger partial charge on any atom is 0.287 e. The summed E-state index contributed by atoms with van der Waals surface area (Å²) in [5.74, 6) is -1.95. The van der Waals surface area contributed by atoms with Gasteiger partial charge in [0.05, 0.1) is 24.2 Å². The van der Waals surface area contributed by atoms with Crippen LogP contribution in [0.15, 0.2) is 28.9 Å². The Kier molecular flexibility index (Phi) is 7.01. The van der Waals surface area contributed by atoms with Gasteiger partial charge in [-0.05, 0) is 49.4 Å². The minimum absolute atomic E-state index is 0.0872. The van der Waals surface area contributed by atoms with Crippen molar-refractivity contribution in [1.82, 2.24) is 21.5 Å². The number of hydrogen-bond acceptors (Lipinski definition) is 6. The number of carbonyl (C=O) groups is 4. The normalized spacial score (nSPS) is 13.0. The number of hydrogen-bond donors (Lipinski definition) is 4. The second kappa shape index (κ2) is 9.87. The van der Waals surface area contributed by atoms with Crippen molar-refractivity contribution in [1.29, 1.82) is 0 Å². The van der Waals surface area contributed by atoms with Crippen LogP contribution in [0, 0.1) is 0 Å². The molecule has 4 amide bonds. The molecule has 0 aliphatic heterocycles. The molecule has 0 atom stereocenters. The third kappa shape index (κ3) is 5.92. The smallest absolute Gasteiger partial charge is 0.287 e. The number of furan rings is 1. The van der Waals surface area contributed by atoms with Gasteiger partial charge in [0.25, 0.3) is 17.7 Å². The molecule has 0 bridgehead atoms. The first-order valence-corrected chi connectivity index (χ1v) is 10.1. The highest BCUT2D eigenvalue weighted by Gasteiger charge is 2.17. The molecule has 154 valence electrons. The molecule has 0 unspecified atom stereocenters. The van der Waals surface area contributed by atoms with E-state index in [9.17, 15) is 19.2 Å². The van der Waals surface area contributed by atoms with E-state index in [0.717, 1.165) is 25.7 Å². The van der Waals surface area contributed by atoms with E-state index >= 15 is 0 Å².